The fourth-order valence-corrected chi connectivity index (χ4v) is 2.43. The minimum Gasteiger partial charge on any atom is -0.497 e. The van der Waals surface area contributed by atoms with E-state index >= 15 is 0 Å². The number of rotatable bonds is 5. The lowest BCUT2D eigenvalue weighted by Gasteiger charge is -2.06. The number of methoxy groups -OCH3 is 1. The Kier molecular flexibility index (Phi) is 4.61. The molecule has 0 spiro atoms. The van der Waals surface area contributed by atoms with Crippen LogP contribution in [0, 0.1) is 0 Å². The van der Waals surface area contributed by atoms with Crippen molar-refractivity contribution in [3.63, 3.8) is 0 Å². The van der Waals surface area contributed by atoms with Gasteiger partial charge in [0, 0.05) is 17.7 Å². The molecule has 0 unspecified atom stereocenters. The van der Waals surface area contributed by atoms with E-state index in [-0.39, 0.29) is 5.91 Å². The maximum absolute atomic E-state index is 12.2. The molecule has 24 heavy (non-hydrogen) atoms. The Balaban J connectivity index is 1.98. The third-order valence-electron chi connectivity index (χ3n) is 3.60. The van der Waals surface area contributed by atoms with Crippen molar-refractivity contribution in [1.29, 1.82) is 0 Å². The lowest BCUT2D eigenvalue weighted by Crippen LogP contribution is -2.23. The average Bonchev–Trinajstić information content (AvgIpc) is 3.12. The molecule has 0 saturated carbocycles. The van der Waals surface area contributed by atoms with Gasteiger partial charge in [0.05, 0.1) is 18.9 Å². The van der Waals surface area contributed by atoms with Gasteiger partial charge in [0.25, 0.3) is 5.91 Å². The molecule has 0 fully saturated rings. The Bertz CT molecular complexity index is 855. The highest BCUT2D eigenvalue weighted by molar-refractivity contribution is 6.00. The van der Waals surface area contributed by atoms with Gasteiger partial charge in [0.2, 0.25) is 5.89 Å². The molecule has 0 aliphatic carbocycles. The van der Waals surface area contributed by atoms with Crippen LogP contribution in [0.15, 0.2) is 59.1 Å². The number of carbonyl (C=O) groups is 1. The maximum Gasteiger partial charge on any atom is 0.252 e. The minimum absolute atomic E-state index is 0.144. The number of hydrogen-bond donors (Lipinski definition) is 1. The van der Waals surface area contributed by atoms with Crippen molar-refractivity contribution in [1.82, 2.24) is 10.3 Å². The summed E-state index contributed by atoms with van der Waals surface area (Å²) in [5.74, 6) is 1.63. The molecule has 0 aliphatic heterocycles. The number of amides is 1. The molecule has 1 N–H and O–H groups in total. The van der Waals surface area contributed by atoms with Crippen LogP contribution in [0.3, 0.4) is 0 Å². The lowest BCUT2D eigenvalue weighted by atomic mass is 10.1. The summed E-state index contributed by atoms with van der Waals surface area (Å²) >= 11 is 0. The molecule has 5 heteroatoms. The van der Waals surface area contributed by atoms with Crippen LogP contribution in [0.2, 0.25) is 0 Å². The smallest absolute Gasteiger partial charge is 0.252 e. The molecule has 0 radical (unpaired) electrons. The first kappa shape index (κ1) is 15.8. The number of hydrogen-bond acceptors (Lipinski definition) is 4. The van der Waals surface area contributed by atoms with E-state index in [4.69, 9.17) is 9.15 Å². The number of nitrogens with one attached hydrogen (secondary N) is 1. The minimum atomic E-state index is -0.144. The molecule has 3 aromatic rings. The van der Waals surface area contributed by atoms with E-state index in [1.54, 1.807) is 19.4 Å². The van der Waals surface area contributed by atoms with Crippen LogP contribution in [0.5, 0.6) is 5.75 Å². The third kappa shape index (κ3) is 3.15. The summed E-state index contributed by atoms with van der Waals surface area (Å²) in [6.07, 6.45) is 1.65. The summed E-state index contributed by atoms with van der Waals surface area (Å²) in [6, 6.07) is 14.8. The molecule has 5 nitrogen and oxygen atoms in total. The van der Waals surface area contributed by atoms with Crippen LogP contribution < -0.4 is 10.1 Å². The van der Waals surface area contributed by atoms with Crippen molar-refractivity contribution in [2.45, 2.75) is 6.92 Å². The first-order valence-electron chi connectivity index (χ1n) is 7.70. The summed E-state index contributed by atoms with van der Waals surface area (Å²) in [7, 11) is 1.62. The van der Waals surface area contributed by atoms with E-state index in [1.165, 1.54) is 0 Å². The molecule has 1 heterocycles. The Morgan fingerprint density at radius 1 is 1.21 bits per heavy atom. The number of nitrogens with zero attached hydrogens (tertiary/aromatic N) is 1. The standard InChI is InChI=1S/C19H18N2O3/c1-3-20-18(22)15-9-4-5-10-16(15)19-21-12-17(24-19)13-7-6-8-14(11-13)23-2/h4-12H,3H2,1-2H3,(H,20,22). The van der Waals surface area contributed by atoms with Crippen LogP contribution in [0.25, 0.3) is 22.8 Å². The SMILES string of the molecule is CCNC(=O)c1ccccc1-c1ncc(-c2cccc(OC)c2)o1. The van der Waals surface area contributed by atoms with Gasteiger partial charge in [-0.05, 0) is 31.2 Å². The zero-order chi connectivity index (χ0) is 16.9. The van der Waals surface area contributed by atoms with E-state index in [1.807, 2.05) is 49.4 Å². The molecule has 0 saturated heterocycles. The summed E-state index contributed by atoms with van der Waals surface area (Å²) < 4.78 is 11.1. The van der Waals surface area contributed by atoms with Gasteiger partial charge in [-0.3, -0.25) is 4.79 Å². The van der Waals surface area contributed by atoms with Crippen LogP contribution in [-0.4, -0.2) is 24.5 Å². The predicted molar refractivity (Wildman–Crippen MR) is 91.9 cm³/mol. The van der Waals surface area contributed by atoms with Crippen molar-refractivity contribution in [2.24, 2.45) is 0 Å². The van der Waals surface area contributed by atoms with Crippen molar-refractivity contribution in [3.8, 4) is 28.5 Å². The van der Waals surface area contributed by atoms with Gasteiger partial charge < -0.3 is 14.5 Å². The molecule has 1 aromatic heterocycles. The van der Waals surface area contributed by atoms with Crippen LogP contribution >= 0.6 is 0 Å². The van der Waals surface area contributed by atoms with E-state index in [9.17, 15) is 4.79 Å². The molecular weight excluding hydrogens is 304 g/mol. The first-order chi connectivity index (χ1) is 11.7. The number of benzene rings is 2. The van der Waals surface area contributed by atoms with Gasteiger partial charge in [-0.2, -0.15) is 0 Å². The molecule has 2 aromatic carbocycles. The number of aromatic nitrogens is 1. The maximum atomic E-state index is 12.2. The van der Waals surface area contributed by atoms with Gasteiger partial charge >= 0.3 is 0 Å². The molecule has 1 amide bonds. The second-order valence-corrected chi connectivity index (χ2v) is 5.17. The van der Waals surface area contributed by atoms with Crippen molar-refractivity contribution in [2.75, 3.05) is 13.7 Å². The topological polar surface area (TPSA) is 64.4 Å². The zero-order valence-electron chi connectivity index (χ0n) is 13.6. The van der Waals surface area contributed by atoms with E-state index in [0.717, 1.165) is 11.3 Å². The van der Waals surface area contributed by atoms with Crippen LogP contribution in [0.4, 0.5) is 0 Å². The van der Waals surface area contributed by atoms with E-state index in [0.29, 0.717) is 29.3 Å². The van der Waals surface area contributed by atoms with Crippen molar-refractivity contribution < 1.29 is 13.9 Å². The fraction of sp³-hybridized carbons (Fsp3) is 0.158. The lowest BCUT2D eigenvalue weighted by molar-refractivity contribution is 0.0956. The first-order valence-corrected chi connectivity index (χ1v) is 7.70. The van der Waals surface area contributed by atoms with Crippen molar-refractivity contribution >= 4 is 5.91 Å². The van der Waals surface area contributed by atoms with E-state index < -0.39 is 0 Å². The zero-order valence-corrected chi connectivity index (χ0v) is 13.6. The van der Waals surface area contributed by atoms with Gasteiger partial charge in [-0.25, -0.2) is 4.98 Å². The number of ether oxygens (including phenoxy) is 1. The average molecular weight is 322 g/mol. The van der Waals surface area contributed by atoms with Crippen molar-refractivity contribution in [3.05, 3.63) is 60.3 Å². The highest BCUT2D eigenvalue weighted by atomic mass is 16.5. The highest BCUT2D eigenvalue weighted by Gasteiger charge is 2.16. The van der Waals surface area contributed by atoms with Gasteiger partial charge in [0.15, 0.2) is 5.76 Å². The molecule has 0 aliphatic rings. The quantitative estimate of drug-likeness (QED) is 0.776. The normalized spacial score (nSPS) is 10.4. The second-order valence-electron chi connectivity index (χ2n) is 5.17. The summed E-state index contributed by atoms with van der Waals surface area (Å²) in [5, 5.41) is 2.80. The van der Waals surface area contributed by atoms with Crippen LogP contribution in [-0.2, 0) is 0 Å². The highest BCUT2D eigenvalue weighted by Crippen LogP contribution is 2.29. The summed E-state index contributed by atoms with van der Waals surface area (Å²) in [6.45, 7) is 2.44. The number of carbonyl (C=O) groups excluding carboxylic acids is 1. The molecule has 0 bridgehead atoms. The Morgan fingerprint density at radius 2 is 2.04 bits per heavy atom. The largest absolute Gasteiger partial charge is 0.497 e. The number of oxazole rings is 1. The van der Waals surface area contributed by atoms with E-state index in [2.05, 4.69) is 10.3 Å². The molecular formula is C19H18N2O3. The summed E-state index contributed by atoms with van der Waals surface area (Å²) in [4.78, 5) is 16.5. The van der Waals surface area contributed by atoms with Gasteiger partial charge in [-0.15, -0.1) is 0 Å². The third-order valence-corrected chi connectivity index (χ3v) is 3.60. The fourth-order valence-electron chi connectivity index (χ4n) is 2.43. The second kappa shape index (κ2) is 7.00. The molecule has 122 valence electrons. The van der Waals surface area contributed by atoms with Crippen LogP contribution in [0.1, 0.15) is 17.3 Å². The molecule has 3 rings (SSSR count). The monoisotopic (exact) mass is 322 g/mol. The predicted octanol–water partition coefficient (Wildman–Crippen LogP) is 3.77. The van der Waals surface area contributed by atoms with Gasteiger partial charge in [-0.1, -0.05) is 24.3 Å². The Labute approximate surface area is 140 Å². The Morgan fingerprint density at radius 3 is 2.83 bits per heavy atom. The van der Waals surface area contributed by atoms with Gasteiger partial charge in [0.1, 0.15) is 5.75 Å². The molecule has 0 atom stereocenters. The summed E-state index contributed by atoms with van der Waals surface area (Å²) in [5.41, 5.74) is 2.07. The Hall–Kier alpha value is -3.08.